The van der Waals surface area contributed by atoms with Crippen molar-refractivity contribution in [2.45, 2.75) is 89.4 Å². The van der Waals surface area contributed by atoms with Gasteiger partial charge in [0, 0.05) is 0 Å². The summed E-state index contributed by atoms with van der Waals surface area (Å²) >= 11 is 0. The highest BCUT2D eigenvalue weighted by atomic mass is 19.2. The molecule has 1 aromatic carbocycles. The van der Waals surface area contributed by atoms with Gasteiger partial charge in [0.15, 0.2) is 17.5 Å². The van der Waals surface area contributed by atoms with Crippen molar-refractivity contribution in [3.63, 3.8) is 0 Å². The lowest BCUT2D eigenvalue weighted by atomic mass is 9.77. The van der Waals surface area contributed by atoms with E-state index in [9.17, 15) is 13.2 Å². The Morgan fingerprint density at radius 3 is 1.76 bits per heavy atom. The van der Waals surface area contributed by atoms with Gasteiger partial charge < -0.3 is 0 Å². The molecule has 2 saturated carbocycles. The van der Waals surface area contributed by atoms with Gasteiger partial charge in [-0.05, 0) is 61.1 Å². The molecule has 3 rings (SSSR count). The van der Waals surface area contributed by atoms with Crippen molar-refractivity contribution in [1.29, 1.82) is 0 Å². The van der Waals surface area contributed by atoms with Crippen LogP contribution in [0.25, 0.3) is 0 Å². The molecule has 0 amide bonds. The van der Waals surface area contributed by atoms with Gasteiger partial charge in [0.2, 0.25) is 0 Å². The van der Waals surface area contributed by atoms with E-state index < -0.39 is 17.5 Å². The molecule has 0 aliphatic heterocycles. The van der Waals surface area contributed by atoms with E-state index in [2.05, 4.69) is 0 Å². The molecule has 0 bridgehead atoms. The second kappa shape index (κ2) is 9.09. The van der Waals surface area contributed by atoms with Crippen molar-refractivity contribution in [2.24, 2.45) is 11.8 Å². The summed E-state index contributed by atoms with van der Waals surface area (Å²) in [6.07, 6.45) is 16.8. The second-order valence-electron chi connectivity index (χ2n) is 8.30. The summed E-state index contributed by atoms with van der Waals surface area (Å²) in [4.78, 5) is 0. The maximum atomic E-state index is 13.4. The van der Waals surface area contributed by atoms with Crippen LogP contribution in [-0.4, -0.2) is 0 Å². The molecule has 3 heteroatoms. The summed E-state index contributed by atoms with van der Waals surface area (Å²) in [5.41, 5.74) is 0.631. The van der Waals surface area contributed by atoms with Crippen LogP contribution in [0.5, 0.6) is 0 Å². The SMILES string of the molecule is Fc1cc(C2CCC(CCCCCC3CCCC3)CC2)cc(F)c1F. The first-order chi connectivity index (χ1) is 12.1. The molecule has 2 aliphatic carbocycles. The molecule has 0 radical (unpaired) electrons. The van der Waals surface area contributed by atoms with Gasteiger partial charge in [-0.25, -0.2) is 13.2 Å². The maximum Gasteiger partial charge on any atom is 0.194 e. The van der Waals surface area contributed by atoms with Crippen LogP contribution in [0.1, 0.15) is 95.0 Å². The minimum atomic E-state index is -1.35. The predicted molar refractivity (Wildman–Crippen MR) is 96.1 cm³/mol. The van der Waals surface area contributed by atoms with Crippen LogP contribution in [0.2, 0.25) is 0 Å². The van der Waals surface area contributed by atoms with E-state index in [1.54, 1.807) is 0 Å². The molecule has 25 heavy (non-hydrogen) atoms. The first kappa shape index (κ1) is 18.8. The predicted octanol–water partition coefficient (Wildman–Crippen LogP) is 7.52. The van der Waals surface area contributed by atoms with Gasteiger partial charge in [0.25, 0.3) is 0 Å². The number of unbranched alkanes of at least 4 members (excludes halogenated alkanes) is 2. The molecule has 140 valence electrons. The molecule has 0 unspecified atom stereocenters. The zero-order valence-corrected chi connectivity index (χ0v) is 15.2. The second-order valence-corrected chi connectivity index (χ2v) is 8.30. The average Bonchev–Trinajstić information content (AvgIpc) is 3.13. The fourth-order valence-corrected chi connectivity index (χ4v) is 4.94. The largest absolute Gasteiger partial charge is 0.204 e. The first-order valence-electron chi connectivity index (χ1n) is 10.3. The summed E-state index contributed by atoms with van der Waals surface area (Å²) in [5.74, 6) is -1.51. The van der Waals surface area contributed by atoms with Crippen LogP contribution in [0.3, 0.4) is 0 Å². The molecule has 0 aromatic heterocycles. The lowest BCUT2D eigenvalue weighted by molar-refractivity contribution is 0.299. The summed E-state index contributed by atoms with van der Waals surface area (Å²) in [5, 5.41) is 0. The number of hydrogen-bond donors (Lipinski definition) is 0. The highest BCUT2D eigenvalue weighted by Gasteiger charge is 2.24. The first-order valence-corrected chi connectivity index (χ1v) is 10.3. The Hall–Kier alpha value is -0.990. The number of benzene rings is 1. The van der Waals surface area contributed by atoms with Gasteiger partial charge >= 0.3 is 0 Å². The Kier molecular flexibility index (Phi) is 6.84. The molecule has 1 aromatic rings. The van der Waals surface area contributed by atoms with E-state index >= 15 is 0 Å². The Balaban J connectivity index is 1.34. The quantitative estimate of drug-likeness (QED) is 0.351. The summed E-state index contributed by atoms with van der Waals surface area (Å²) in [6.45, 7) is 0. The highest BCUT2D eigenvalue weighted by molar-refractivity contribution is 5.23. The fourth-order valence-electron chi connectivity index (χ4n) is 4.94. The zero-order valence-electron chi connectivity index (χ0n) is 15.2. The summed E-state index contributed by atoms with van der Waals surface area (Å²) in [7, 11) is 0. The van der Waals surface area contributed by atoms with Crippen molar-refractivity contribution in [3.8, 4) is 0 Å². The third-order valence-corrected chi connectivity index (χ3v) is 6.52. The van der Waals surface area contributed by atoms with Gasteiger partial charge in [0.1, 0.15) is 0 Å². The van der Waals surface area contributed by atoms with E-state index in [1.807, 2.05) is 0 Å². The van der Waals surface area contributed by atoms with Gasteiger partial charge in [-0.15, -0.1) is 0 Å². The topological polar surface area (TPSA) is 0 Å². The number of halogens is 3. The van der Waals surface area contributed by atoms with E-state index in [4.69, 9.17) is 0 Å². The van der Waals surface area contributed by atoms with Crippen molar-refractivity contribution in [3.05, 3.63) is 35.1 Å². The lowest BCUT2D eigenvalue weighted by Crippen LogP contribution is -2.14. The molecule has 0 heterocycles. The number of rotatable bonds is 7. The molecular formula is C22H31F3. The van der Waals surface area contributed by atoms with Gasteiger partial charge in [-0.1, -0.05) is 57.8 Å². The lowest BCUT2D eigenvalue weighted by Gasteiger charge is -2.29. The Morgan fingerprint density at radius 1 is 0.680 bits per heavy atom. The van der Waals surface area contributed by atoms with E-state index in [1.165, 1.54) is 69.9 Å². The Bertz CT molecular complexity index is 517. The van der Waals surface area contributed by atoms with Crippen LogP contribution >= 0.6 is 0 Å². The van der Waals surface area contributed by atoms with Crippen molar-refractivity contribution < 1.29 is 13.2 Å². The van der Waals surface area contributed by atoms with Gasteiger partial charge in [-0.2, -0.15) is 0 Å². The van der Waals surface area contributed by atoms with Crippen molar-refractivity contribution in [1.82, 2.24) is 0 Å². The van der Waals surface area contributed by atoms with Crippen LogP contribution in [0.15, 0.2) is 12.1 Å². The Morgan fingerprint density at radius 2 is 1.20 bits per heavy atom. The van der Waals surface area contributed by atoms with Crippen LogP contribution < -0.4 is 0 Å². The minimum absolute atomic E-state index is 0.184. The van der Waals surface area contributed by atoms with Gasteiger partial charge in [0.05, 0.1) is 0 Å². The van der Waals surface area contributed by atoms with E-state index in [-0.39, 0.29) is 5.92 Å². The monoisotopic (exact) mass is 352 g/mol. The molecular weight excluding hydrogens is 321 g/mol. The van der Waals surface area contributed by atoms with Crippen LogP contribution in [0, 0.1) is 29.3 Å². The molecule has 0 atom stereocenters. The fraction of sp³-hybridized carbons (Fsp3) is 0.727. The molecule has 0 saturated heterocycles. The van der Waals surface area contributed by atoms with Crippen LogP contribution in [-0.2, 0) is 0 Å². The molecule has 0 spiro atoms. The third kappa shape index (κ3) is 5.24. The molecule has 0 N–H and O–H groups in total. The third-order valence-electron chi connectivity index (χ3n) is 6.52. The van der Waals surface area contributed by atoms with Crippen molar-refractivity contribution in [2.75, 3.05) is 0 Å². The standard InChI is InChI=1S/C22H31F3/c23-20-14-19(15-21(24)22(20)25)18-12-10-17(11-13-18)7-3-1-2-6-16-8-4-5-9-16/h14-18H,1-13H2. The van der Waals surface area contributed by atoms with Gasteiger partial charge in [-0.3, -0.25) is 0 Å². The average molecular weight is 352 g/mol. The normalized spacial score (nSPS) is 24.8. The Labute approximate surface area is 150 Å². The summed E-state index contributed by atoms with van der Waals surface area (Å²) in [6, 6.07) is 2.37. The maximum absolute atomic E-state index is 13.4. The summed E-state index contributed by atoms with van der Waals surface area (Å²) < 4.78 is 39.9. The molecule has 2 fully saturated rings. The van der Waals surface area contributed by atoms with E-state index in [0.29, 0.717) is 5.56 Å². The zero-order chi connectivity index (χ0) is 17.6. The molecule has 2 aliphatic rings. The van der Waals surface area contributed by atoms with Crippen LogP contribution in [0.4, 0.5) is 13.2 Å². The smallest absolute Gasteiger partial charge is 0.194 e. The molecule has 0 nitrogen and oxygen atoms in total. The number of hydrogen-bond acceptors (Lipinski definition) is 0. The van der Waals surface area contributed by atoms with E-state index in [0.717, 1.165) is 37.5 Å². The minimum Gasteiger partial charge on any atom is -0.204 e. The van der Waals surface area contributed by atoms with Crippen molar-refractivity contribution >= 4 is 0 Å². The highest BCUT2D eigenvalue weighted by Crippen LogP contribution is 2.38.